The third-order valence-electron chi connectivity index (χ3n) is 1.95. The minimum atomic E-state index is -0.244. The summed E-state index contributed by atoms with van der Waals surface area (Å²) in [6.45, 7) is 1.95. The highest BCUT2D eigenvalue weighted by Crippen LogP contribution is 2.20. The summed E-state index contributed by atoms with van der Waals surface area (Å²) in [5, 5.41) is 26.3. The minimum absolute atomic E-state index is 0.0800. The summed E-state index contributed by atoms with van der Waals surface area (Å²) in [7, 11) is 0. The Balaban J connectivity index is 3.24. The number of rotatable bonds is 2. The van der Waals surface area contributed by atoms with E-state index in [0.29, 0.717) is 0 Å². The average molecular weight is 240 g/mol. The maximum atomic E-state index is 8.96. The van der Waals surface area contributed by atoms with Crippen LogP contribution in [0.4, 0.5) is 0 Å². The molecule has 1 rings (SSSR count). The quantitative estimate of drug-likeness (QED) is 0.633. The first-order valence-corrected chi connectivity index (χ1v) is 5.42. The van der Waals surface area contributed by atoms with Crippen LogP contribution in [0, 0.1) is 40.9 Å². The Morgan fingerprint density at radius 1 is 1.24 bits per heavy atom. The van der Waals surface area contributed by atoms with Gasteiger partial charge in [-0.15, -0.1) is 11.3 Å². The first kappa shape index (κ1) is 12.5. The molecule has 1 heterocycles. The van der Waals surface area contributed by atoms with Gasteiger partial charge in [0.2, 0.25) is 0 Å². The van der Waals surface area contributed by atoms with Gasteiger partial charge in [0.05, 0.1) is 11.3 Å². The summed E-state index contributed by atoms with van der Waals surface area (Å²) in [5.74, 6) is 0. The van der Waals surface area contributed by atoms with Gasteiger partial charge in [-0.25, -0.2) is 0 Å². The van der Waals surface area contributed by atoms with Gasteiger partial charge in [-0.1, -0.05) is 0 Å². The predicted octanol–water partition coefficient (Wildman–Crippen LogP) is 2.22. The Bertz CT molecular complexity index is 598. The Morgan fingerprint density at radius 3 is 2.29 bits per heavy atom. The van der Waals surface area contributed by atoms with E-state index < -0.39 is 0 Å². The molecule has 1 aromatic rings. The molecule has 0 radical (unpaired) electrons. The molecule has 0 aromatic carbocycles. The van der Waals surface area contributed by atoms with Gasteiger partial charge in [-0.05, 0) is 25.1 Å². The van der Waals surface area contributed by atoms with Gasteiger partial charge in [0.15, 0.2) is 5.57 Å². The molecule has 0 spiro atoms. The molecular weight excluding hydrogens is 232 g/mol. The van der Waals surface area contributed by atoms with Crippen molar-refractivity contribution in [2.45, 2.75) is 6.92 Å². The zero-order chi connectivity index (χ0) is 12.8. The van der Waals surface area contributed by atoms with E-state index in [0.717, 1.165) is 9.75 Å². The lowest BCUT2D eigenvalue weighted by atomic mass is 10.1. The molecule has 0 bridgehead atoms. The van der Waals surface area contributed by atoms with E-state index in [4.69, 9.17) is 21.5 Å². The van der Waals surface area contributed by atoms with Crippen LogP contribution in [-0.4, -0.2) is 0 Å². The zero-order valence-corrected chi connectivity index (χ0v) is 9.88. The standard InChI is InChI=1S/C12H8N4S/c1-8-2-3-11(17-8)4-9(5-13)12(16)10(6-14)7-15/h2-4H,16H2,1H3/b9-4-. The SMILES string of the molecule is Cc1ccc(/C=C(/C#N)C(N)=C(C#N)C#N)s1. The second kappa shape index (κ2) is 5.51. The summed E-state index contributed by atoms with van der Waals surface area (Å²) in [5.41, 5.74) is 5.40. The van der Waals surface area contributed by atoms with Crippen molar-refractivity contribution in [2.75, 3.05) is 0 Å². The van der Waals surface area contributed by atoms with Crippen LogP contribution in [0.5, 0.6) is 0 Å². The maximum Gasteiger partial charge on any atom is 0.153 e. The molecule has 0 atom stereocenters. The van der Waals surface area contributed by atoms with Crippen molar-refractivity contribution in [1.82, 2.24) is 0 Å². The van der Waals surface area contributed by atoms with Crippen molar-refractivity contribution < 1.29 is 0 Å². The number of thiophene rings is 1. The molecule has 5 heteroatoms. The second-order valence-electron chi connectivity index (χ2n) is 3.13. The van der Waals surface area contributed by atoms with Crippen LogP contribution in [0.15, 0.2) is 29.0 Å². The predicted molar refractivity (Wildman–Crippen MR) is 65.1 cm³/mol. The van der Waals surface area contributed by atoms with Crippen molar-refractivity contribution in [3.8, 4) is 18.2 Å². The van der Waals surface area contributed by atoms with Crippen LogP contribution >= 0.6 is 11.3 Å². The lowest BCUT2D eigenvalue weighted by Gasteiger charge is -1.97. The van der Waals surface area contributed by atoms with Crippen molar-refractivity contribution in [3.63, 3.8) is 0 Å². The summed E-state index contributed by atoms with van der Waals surface area (Å²) in [4.78, 5) is 1.97. The number of allylic oxidation sites excluding steroid dienone is 2. The second-order valence-corrected chi connectivity index (χ2v) is 4.45. The molecule has 82 valence electrons. The van der Waals surface area contributed by atoms with Crippen LogP contribution in [0.25, 0.3) is 6.08 Å². The minimum Gasteiger partial charge on any atom is -0.396 e. The fraction of sp³-hybridized carbons (Fsp3) is 0.0833. The van der Waals surface area contributed by atoms with E-state index in [-0.39, 0.29) is 16.8 Å². The topological polar surface area (TPSA) is 97.4 Å². The third kappa shape index (κ3) is 2.95. The molecule has 0 saturated heterocycles. The number of nitriles is 3. The number of nitrogens with zero attached hydrogens (tertiary/aromatic N) is 3. The Hall–Kier alpha value is -2.55. The maximum absolute atomic E-state index is 8.96. The fourth-order valence-corrected chi connectivity index (χ4v) is 1.94. The first-order valence-electron chi connectivity index (χ1n) is 4.61. The molecule has 0 unspecified atom stereocenters. The number of aryl methyl sites for hydroxylation is 1. The van der Waals surface area contributed by atoms with Crippen LogP contribution < -0.4 is 5.73 Å². The number of hydrogen-bond donors (Lipinski definition) is 1. The molecule has 0 aliphatic heterocycles. The fourth-order valence-electron chi connectivity index (χ4n) is 1.12. The monoisotopic (exact) mass is 240 g/mol. The largest absolute Gasteiger partial charge is 0.396 e. The highest BCUT2D eigenvalue weighted by atomic mass is 32.1. The molecule has 4 nitrogen and oxygen atoms in total. The number of nitrogens with two attached hydrogens (primary N) is 1. The molecule has 2 N–H and O–H groups in total. The summed E-state index contributed by atoms with van der Waals surface area (Å²) in [6, 6.07) is 8.98. The molecule has 0 amide bonds. The number of hydrogen-bond acceptors (Lipinski definition) is 5. The van der Waals surface area contributed by atoms with Crippen LogP contribution in [0.3, 0.4) is 0 Å². The Morgan fingerprint density at radius 2 is 1.88 bits per heavy atom. The van der Waals surface area contributed by atoms with E-state index in [9.17, 15) is 0 Å². The van der Waals surface area contributed by atoms with E-state index in [2.05, 4.69) is 0 Å². The van der Waals surface area contributed by atoms with Crippen molar-refractivity contribution >= 4 is 17.4 Å². The van der Waals surface area contributed by atoms with Gasteiger partial charge >= 0.3 is 0 Å². The van der Waals surface area contributed by atoms with Gasteiger partial charge in [0, 0.05) is 9.75 Å². The van der Waals surface area contributed by atoms with Crippen molar-refractivity contribution in [2.24, 2.45) is 5.73 Å². The third-order valence-corrected chi connectivity index (χ3v) is 2.90. The molecule has 0 aliphatic carbocycles. The van der Waals surface area contributed by atoms with Gasteiger partial charge in [-0.3, -0.25) is 0 Å². The van der Waals surface area contributed by atoms with Crippen molar-refractivity contribution in [3.05, 3.63) is 38.7 Å². The van der Waals surface area contributed by atoms with Crippen LogP contribution in [0.1, 0.15) is 9.75 Å². The summed E-state index contributed by atoms with van der Waals surface area (Å²) >= 11 is 1.50. The van der Waals surface area contributed by atoms with Crippen LogP contribution in [0.2, 0.25) is 0 Å². The molecule has 0 aliphatic rings. The molecular formula is C12H8N4S. The van der Waals surface area contributed by atoms with Gasteiger partial charge in [0.1, 0.15) is 18.2 Å². The van der Waals surface area contributed by atoms with Crippen molar-refractivity contribution in [1.29, 1.82) is 15.8 Å². The smallest absolute Gasteiger partial charge is 0.153 e. The Labute approximate surface area is 103 Å². The average Bonchev–Trinajstić information content (AvgIpc) is 2.73. The lowest BCUT2D eigenvalue weighted by Crippen LogP contribution is -2.03. The van der Waals surface area contributed by atoms with E-state index in [1.165, 1.54) is 11.3 Å². The zero-order valence-electron chi connectivity index (χ0n) is 9.06. The van der Waals surface area contributed by atoms with E-state index in [1.807, 2.05) is 25.1 Å². The molecule has 0 saturated carbocycles. The first-order chi connectivity index (χ1) is 8.12. The van der Waals surface area contributed by atoms with Gasteiger partial charge in [0.25, 0.3) is 0 Å². The molecule has 1 aromatic heterocycles. The van der Waals surface area contributed by atoms with E-state index in [1.54, 1.807) is 18.2 Å². The highest BCUT2D eigenvalue weighted by Gasteiger charge is 2.08. The van der Waals surface area contributed by atoms with Gasteiger partial charge < -0.3 is 5.73 Å². The molecule has 0 fully saturated rings. The summed E-state index contributed by atoms with van der Waals surface area (Å²) < 4.78 is 0. The van der Waals surface area contributed by atoms with Gasteiger partial charge in [-0.2, -0.15) is 15.8 Å². The van der Waals surface area contributed by atoms with E-state index >= 15 is 0 Å². The van der Waals surface area contributed by atoms with Crippen LogP contribution in [-0.2, 0) is 0 Å². The summed E-state index contributed by atoms with van der Waals surface area (Å²) in [6.07, 6.45) is 1.57. The normalized spacial score (nSPS) is 9.88. The Kier molecular flexibility index (Phi) is 4.06. The highest BCUT2D eigenvalue weighted by molar-refractivity contribution is 7.12. The lowest BCUT2D eigenvalue weighted by molar-refractivity contribution is 1.31. The molecule has 17 heavy (non-hydrogen) atoms.